The first-order chi connectivity index (χ1) is 13.8. The maximum atomic E-state index is 12.2. The quantitative estimate of drug-likeness (QED) is 0.534. The molecule has 0 atom stereocenters. The van der Waals surface area contributed by atoms with Gasteiger partial charge in [0.25, 0.3) is 0 Å². The second-order valence-corrected chi connectivity index (χ2v) is 9.51. The number of amides is 1. The van der Waals surface area contributed by atoms with Gasteiger partial charge in [-0.25, -0.2) is 12.7 Å². The first kappa shape index (κ1) is 23.6. The van der Waals surface area contributed by atoms with Crippen molar-refractivity contribution in [2.45, 2.75) is 24.2 Å². The van der Waals surface area contributed by atoms with Crippen LogP contribution in [-0.4, -0.2) is 84.1 Å². The number of rotatable bonds is 11. The Hall–Kier alpha value is -1.68. The Balaban J connectivity index is 1.67. The number of nitrogens with one attached hydrogen (secondary N) is 1. The van der Waals surface area contributed by atoms with E-state index in [0.29, 0.717) is 25.5 Å². The molecule has 1 aliphatic rings. The van der Waals surface area contributed by atoms with Gasteiger partial charge in [0.2, 0.25) is 15.9 Å². The van der Waals surface area contributed by atoms with Crippen LogP contribution in [0.4, 0.5) is 0 Å². The lowest BCUT2D eigenvalue weighted by molar-refractivity contribution is -0.126. The maximum Gasteiger partial charge on any atom is 0.242 e. The minimum Gasteiger partial charge on any atom is -0.492 e. The molecule has 0 spiro atoms. The van der Waals surface area contributed by atoms with Crippen LogP contribution in [-0.2, 0) is 19.6 Å². The Morgan fingerprint density at radius 2 is 1.83 bits per heavy atom. The van der Waals surface area contributed by atoms with Gasteiger partial charge in [-0.15, -0.1) is 0 Å². The summed E-state index contributed by atoms with van der Waals surface area (Å²) in [6, 6.07) is 6.47. The molecule has 8 nitrogen and oxygen atoms in total. The van der Waals surface area contributed by atoms with Crippen LogP contribution in [0.5, 0.6) is 5.75 Å². The van der Waals surface area contributed by atoms with Crippen LogP contribution in [0.1, 0.15) is 19.3 Å². The van der Waals surface area contributed by atoms with E-state index in [2.05, 4.69) is 10.2 Å². The van der Waals surface area contributed by atoms with E-state index in [1.54, 1.807) is 31.4 Å². The third-order valence-corrected chi connectivity index (χ3v) is 6.89. The summed E-state index contributed by atoms with van der Waals surface area (Å²) < 4.78 is 36.1. The molecule has 2 rings (SSSR count). The molecule has 1 saturated heterocycles. The number of ether oxygens (including phenoxy) is 2. The van der Waals surface area contributed by atoms with Crippen LogP contribution in [0.3, 0.4) is 0 Å². The fourth-order valence-corrected chi connectivity index (χ4v) is 4.10. The molecular formula is C20H33N3O5S. The van der Waals surface area contributed by atoms with E-state index in [1.165, 1.54) is 18.4 Å². The standard InChI is InChI=1S/C20H33N3O5S/c1-22(2)29(25,26)19-7-5-18(6-8-19)28-16-14-23-12-9-17(10-13-23)20(24)21-11-4-15-27-3/h5-8,17H,4,9-16H2,1-3H3,(H,21,24). The summed E-state index contributed by atoms with van der Waals surface area (Å²) in [5, 5.41) is 2.98. The topological polar surface area (TPSA) is 88.2 Å². The highest BCUT2D eigenvalue weighted by atomic mass is 32.2. The number of carbonyl (C=O) groups excluding carboxylic acids is 1. The van der Waals surface area contributed by atoms with Gasteiger partial charge in [-0.2, -0.15) is 0 Å². The lowest BCUT2D eigenvalue weighted by Gasteiger charge is -2.31. The highest BCUT2D eigenvalue weighted by Gasteiger charge is 2.24. The molecule has 0 aliphatic carbocycles. The zero-order chi connectivity index (χ0) is 21.3. The molecule has 0 saturated carbocycles. The molecule has 0 aromatic heterocycles. The Labute approximate surface area is 174 Å². The van der Waals surface area contributed by atoms with Gasteiger partial charge in [0.05, 0.1) is 4.90 Å². The molecule has 164 valence electrons. The molecule has 0 unspecified atom stereocenters. The largest absolute Gasteiger partial charge is 0.492 e. The summed E-state index contributed by atoms with van der Waals surface area (Å²) in [5.41, 5.74) is 0. The maximum absolute atomic E-state index is 12.2. The van der Waals surface area contributed by atoms with E-state index in [1.807, 2.05) is 0 Å². The van der Waals surface area contributed by atoms with Crippen molar-refractivity contribution in [1.82, 2.24) is 14.5 Å². The number of sulfonamides is 1. The van der Waals surface area contributed by atoms with E-state index in [4.69, 9.17) is 9.47 Å². The Morgan fingerprint density at radius 1 is 1.17 bits per heavy atom. The molecule has 1 heterocycles. The van der Waals surface area contributed by atoms with Crippen molar-refractivity contribution in [3.63, 3.8) is 0 Å². The average molecular weight is 428 g/mol. The van der Waals surface area contributed by atoms with Crippen molar-refractivity contribution < 1.29 is 22.7 Å². The Bertz CT molecular complexity index is 729. The zero-order valence-electron chi connectivity index (χ0n) is 17.6. The summed E-state index contributed by atoms with van der Waals surface area (Å²) in [6.45, 7) is 4.37. The highest BCUT2D eigenvalue weighted by molar-refractivity contribution is 7.89. The van der Waals surface area contributed by atoms with Crippen LogP contribution >= 0.6 is 0 Å². The minimum absolute atomic E-state index is 0.0842. The van der Waals surface area contributed by atoms with Crippen molar-refractivity contribution in [2.75, 3.05) is 60.6 Å². The lowest BCUT2D eigenvalue weighted by atomic mass is 9.96. The molecule has 1 aromatic carbocycles. The van der Waals surface area contributed by atoms with Gasteiger partial charge in [0.15, 0.2) is 0 Å². The van der Waals surface area contributed by atoms with E-state index >= 15 is 0 Å². The van der Waals surface area contributed by atoms with Crippen molar-refractivity contribution in [2.24, 2.45) is 5.92 Å². The van der Waals surface area contributed by atoms with E-state index in [0.717, 1.165) is 38.9 Å². The molecule has 1 fully saturated rings. The van der Waals surface area contributed by atoms with E-state index < -0.39 is 10.0 Å². The smallest absolute Gasteiger partial charge is 0.242 e. The molecule has 1 aliphatic heterocycles. The summed E-state index contributed by atoms with van der Waals surface area (Å²) in [6.07, 6.45) is 2.54. The van der Waals surface area contributed by atoms with Gasteiger partial charge in [-0.3, -0.25) is 9.69 Å². The van der Waals surface area contributed by atoms with E-state index in [9.17, 15) is 13.2 Å². The Kier molecular flexibility index (Phi) is 9.35. The summed E-state index contributed by atoms with van der Waals surface area (Å²) in [5.74, 6) is 0.874. The third-order valence-electron chi connectivity index (χ3n) is 5.06. The predicted octanol–water partition coefficient (Wildman–Crippen LogP) is 1.18. The first-order valence-electron chi connectivity index (χ1n) is 9.99. The summed E-state index contributed by atoms with van der Waals surface area (Å²) in [4.78, 5) is 14.7. The van der Waals surface area contributed by atoms with Gasteiger partial charge in [-0.1, -0.05) is 0 Å². The molecular weight excluding hydrogens is 394 g/mol. The van der Waals surface area contributed by atoms with Crippen LogP contribution in [0.2, 0.25) is 0 Å². The van der Waals surface area contributed by atoms with Crippen molar-refractivity contribution >= 4 is 15.9 Å². The molecule has 9 heteroatoms. The summed E-state index contributed by atoms with van der Waals surface area (Å²) in [7, 11) is 1.25. The molecule has 1 N–H and O–H groups in total. The van der Waals surface area contributed by atoms with Crippen LogP contribution in [0.15, 0.2) is 29.2 Å². The fourth-order valence-electron chi connectivity index (χ4n) is 3.20. The average Bonchev–Trinajstić information content (AvgIpc) is 2.72. The number of nitrogens with zero attached hydrogens (tertiary/aromatic N) is 2. The number of hydrogen-bond donors (Lipinski definition) is 1. The van der Waals surface area contributed by atoms with Crippen LogP contribution < -0.4 is 10.1 Å². The second kappa shape index (κ2) is 11.5. The number of carbonyl (C=O) groups is 1. The molecule has 1 aromatic rings. The van der Waals surface area contributed by atoms with Gasteiger partial charge in [0, 0.05) is 46.8 Å². The molecule has 0 radical (unpaired) electrons. The highest BCUT2D eigenvalue weighted by Crippen LogP contribution is 2.19. The zero-order valence-corrected chi connectivity index (χ0v) is 18.4. The van der Waals surface area contributed by atoms with E-state index in [-0.39, 0.29) is 16.7 Å². The molecule has 1 amide bonds. The summed E-state index contributed by atoms with van der Waals surface area (Å²) >= 11 is 0. The number of benzene rings is 1. The number of likely N-dealkylation sites (tertiary alicyclic amines) is 1. The Morgan fingerprint density at radius 3 is 2.41 bits per heavy atom. The molecule has 0 bridgehead atoms. The van der Waals surface area contributed by atoms with Gasteiger partial charge < -0.3 is 14.8 Å². The van der Waals surface area contributed by atoms with Gasteiger partial charge in [-0.05, 0) is 56.6 Å². The van der Waals surface area contributed by atoms with Crippen molar-refractivity contribution in [1.29, 1.82) is 0 Å². The number of methoxy groups -OCH3 is 1. The van der Waals surface area contributed by atoms with Crippen LogP contribution in [0, 0.1) is 5.92 Å². The number of hydrogen-bond acceptors (Lipinski definition) is 6. The van der Waals surface area contributed by atoms with Gasteiger partial charge >= 0.3 is 0 Å². The SMILES string of the molecule is COCCCNC(=O)C1CCN(CCOc2ccc(S(=O)(=O)N(C)C)cc2)CC1. The fraction of sp³-hybridized carbons (Fsp3) is 0.650. The predicted molar refractivity (Wildman–Crippen MR) is 111 cm³/mol. The van der Waals surface area contributed by atoms with Gasteiger partial charge in [0.1, 0.15) is 12.4 Å². The monoisotopic (exact) mass is 427 g/mol. The first-order valence-corrected chi connectivity index (χ1v) is 11.4. The number of piperidine rings is 1. The second-order valence-electron chi connectivity index (χ2n) is 7.36. The van der Waals surface area contributed by atoms with Crippen molar-refractivity contribution in [3.8, 4) is 5.75 Å². The molecule has 29 heavy (non-hydrogen) atoms. The minimum atomic E-state index is -3.42. The van der Waals surface area contributed by atoms with Crippen LogP contribution in [0.25, 0.3) is 0 Å². The third kappa shape index (κ3) is 7.26. The normalized spacial score (nSPS) is 16.1. The van der Waals surface area contributed by atoms with Crippen molar-refractivity contribution in [3.05, 3.63) is 24.3 Å². The lowest BCUT2D eigenvalue weighted by Crippen LogP contribution is -2.42.